The normalized spacial score (nSPS) is 20.4. The third-order valence-corrected chi connectivity index (χ3v) is 5.59. The first-order chi connectivity index (χ1) is 9.76. The molecule has 4 heteroatoms. The highest BCUT2D eigenvalue weighted by Crippen LogP contribution is 2.31. The SMILES string of the molecule is CCc1ccc(CNC2CCN(C(=O)C3CC3)CC2)s1. The Hall–Kier alpha value is -0.870. The van der Waals surface area contributed by atoms with E-state index in [4.69, 9.17) is 0 Å². The van der Waals surface area contributed by atoms with Crippen LogP contribution in [-0.2, 0) is 17.8 Å². The minimum atomic E-state index is 0.373. The van der Waals surface area contributed by atoms with E-state index in [0.29, 0.717) is 17.9 Å². The lowest BCUT2D eigenvalue weighted by atomic mass is 10.0. The van der Waals surface area contributed by atoms with Crippen molar-refractivity contribution in [1.82, 2.24) is 10.2 Å². The third kappa shape index (κ3) is 3.41. The third-order valence-electron chi connectivity index (χ3n) is 4.36. The maximum Gasteiger partial charge on any atom is 0.225 e. The minimum absolute atomic E-state index is 0.373. The van der Waals surface area contributed by atoms with Crippen LogP contribution in [0.25, 0.3) is 0 Å². The summed E-state index contributed by atoms with van der Waals surface area (Å²) in [6.07, 6.45) is 5.57. The van der Waals surface area contributed by atoms with Crippen LogP contribution in [0.15, 0.2) is 12.1 Å². The van der Waals surface area contributed by atoms with E-state index in [0.717, 1.165) is 51.7 Å². The highest BCUT2D eigenvalue weighted by Gasteiger charge is 2.34. The number of carbonyl (C=O) groups is 1. The van der Waals surface area contributed by atoms with Gasteiger partial charge in [0, 0.05) is 41.3 Å². The first kappa shape index (κ1) is 14.1. The number of nitrogens with zero attached hydrogens (tertiary/aromatic N) is 1. The summed E-state index contributed by atoms with van der Waals surface area (Å²) < 4.78 is 0. The Bertz CT molecular complexity index is 459. The number of aryl methyl sites for hydroxylation is 1. The first-order valence-electron chi connectivity index (χ1n) is 7.86. The van der Waals surface area contributed by atoms with Gasteiger partial charge in [-0.05, 0) is 44.2 Å². The van der Waals surface area contributed by atoms with Crippen molar-refractivity contribution in [2.75, 3.05) is 13.1 Å². The van der Waals surface area contributed by atoms with Crippen LogP contribution in [0.4, 0.5) is 0 Å². The van der Waals surface area contributed by atoms with Crippen LogP contribution in [0.1, 0.15) is 42.4 Å². The van der Waals surface area contributed by atoms with Gasteiger partial charge in [0.05, 0.1) is 0 Å². The number of nitrogens with one attached hydrogen (secondary N) is 1. The molecule has 2 fully saturated rings. The quantitative estimate of drug-likeness (QED) is 0.905. The predicted molar refractivity (Wildman–Crippen MR) is 82.9 cm³/mol. The van der Waals surface area contributed by atoms with E-state index >= 15 is 0 Å². The summed E-state index contributed by atoms with van der Waals surface area (Å²) in [5.74, 6) is 0.785. The molecule has 20 heavy (non-hydrogen) atoms. The number of likely N-dealkylation sites (tertiary alicyclic amines) is 1. The number of thiophene rings is 1. The second-order valence-electron chi connectivity index (χ2n) is 5.98. The van der Waals surface area contributed by atoms with Crippen molar-refractivity contribution >= 4 is 17.2 Å². The molecular formula is C16H24N2OS. The van der Waals surface area contributed by atoms with Crippen LogP contribution in [-0.4, -0.2) is 29.9 Å². The molecule has 2 aliphatic rings. The molecule has 1 aliphatic heterocycles. The molecule has 1 N–H and O–H groups in total. The van der Waals surface area contributed by atoms with E-state index in [-0.39, 0.29) is 0 Å². The van der Waals surface area contributed by atoms with E-state index in [1.165, 1.54) is 9.75 Å². The second-order valence-corrected chi connectivity index (χ2v) is 7.23. The Morgan fingerprint density at radius 3 is 2.55 bits per heavy atom. The zero-order valence-electron chi connectivity index (χ0n) is 12.2. The Labute approximate surface area is 125 Å². The Morgan fingerprint density at radius 1 is 1.25 bits per heavy atom. The van der Waals surface area contributed by atoms with Crippen molar-refractivity contribution in [1.29, 1.82) is 0 Å². The summed E-state index contributed by atoms with van der Waals surface area (Å²) >= 11 is 1.91. The van der Waals surface area contributed by atoms with Gasteiger partial charge in [-0.3, -0.25) is 4.79 Å². The molecular weight excluding hydrogens is 268 g/mol. The summed E-state index contributed by atoms with van der Waals surface area (Å²) in [5.41, 5.74) is 0. The number of hydrogen-bond donors (Lipinski definition) is 1. The zero-order chi connectivity index (χ0) is 13.9. The van der Waals surface area contributed by atoms with Gasteiger partial charge in [0.25, 0.3) is 0 Å². The highest BCUT2D eigenvalue weighted by atomic mass is 32.1. The average molecular weight is 292 g/mol. The molecule has 0 unspecified atom stereocenters. The molecule has 0 bridgehead atoms. The van der Waals surface area contributed by atoms with Gasteiger partial charge >= 0.3 is 0 Å². The van der Waals surface area contributed by atoms with Gasteiger partial charge in [-0.2, -0.15) is 0 Å². The predicted octanol–water partition coefficient (Wildman–Crippen LogP) is 2.80. The summed E-state index contributed by atoms with van der Waals surface area (Å²) in [5, 5.41) is 3.65. The number of piperidine rings is 1. The van der Waals surface area contributed by atoms with E-state index < -0.39 is 0 Å². The first-order valence-corrected chi connectivity index (χ1v) is 8.67. The number of carbonyl (C=O) groups excluding carboxylic acids is 1. The molecule has 1 saturated heterocycles. The molecule has 2 heterocycles. The lowest BCUT2D eigenvalue weighted by Crippen LogP contribution is -2.45. The summed E-state index contributed by atoms with van der Waals surface area (Å²) in [6, 6.07) is 5.05. The van der Waals surface area contributed by atoms with Crippen molar-refractivity contribution in [3.05, 3.63) is 21.9 Å². The van der Waals surface area contributed by atoms with Gasteiger partial charge in [0.2, 0.25) is 5.91 Å². The van der Waals surface area contributed by atoms with Gasteiger partial charge < -0.3 is 10.2 Å². The summed E-state index contributed by atoms with van der Waals surface area (Å²) in [6.45, 7) is 5.07. The Balaban J connectivity index is 1.40. The molecule has 1 aromatic rings. The van der Waals surface area contributed by atoms with Crippen LogP contribution < -0.4 is 5.32 Å². The molecule has 1 aromatic heterocycles. The second kappa shape index (κ2) is 6.27. The number of amides is 1. The maximum atomic E-state index is 12.0. The fourth-order valence-electron chi connectivity index (χ4n) is 2.84. The van der Waals surface area contributed by atoms with Crippen molar-refractivity contribution in [2.24, 2.45) is 5.92 Å². The molecule has 3 nitrogen and oxygen atoms in total. The van der Waals surface area contributed by atoms with Crippen LogP contribution in [0.3, 0.4) is 0 Å². The topological polar surface area (TPSA) is 32.3 Å². The molecule has 0 spiro atoms. The summed E-state index contributed by atoms with van der Waals surface area (Å²) in [7, 11) is 0. The van der Waals surface area contributed by atoms with E-state index in [9.17, 15) is 4.79 Å². The van der Waals surface area contributed by atoms with Gasteiger partial charge in [0.1, 0.15) is 0 Å². The minimum Gasteiger partial charge on any atom is -0.342 e. The number of hydrogen-bond acceptors (Lipinski definition) is 3. The molecule has 0 atom stereocenters. The van der Waals surface area contributed by atoms with Crippen molar-refractivity contribution in [2.45, 2.75) is 51.6 Å². The lowest BCUT2D eigenvalue weighted by molar-refractivity contribution is -0.133. The molecule has 3 rings (SSSR count). The van der Waals surface area contributed by atoms with Gasteiger partial charge in [0.15, 0.2) is 0 Å². The van der Waals surface area contributed by atoms with Crippen LogP contribution >= 0.6 is 11.3 Å². The van der Waals surface area contributed by atoms with E-state index in [2.05, 4.69) is 29.3 Å². The molecule has 1 saturated carbocycles. The largest absolute Gasteiger partial charge is 0.342 e. The van der Waals surface area contributed by atoms with Crippen molar-refractivity contribution in [3.8, 4) is 0 Å². The Kier molecular flexibility index (Phi) is 4.41. The molecule has 1 amide bonds. The lowest BCUT2D eigenvalue weighted by Gasteiger charge is -2.32. The van der Waals surface area contributed by atoms with Gasteiger partial charge in [-0.25, -0.2) is 0 Å². The molecule has 110 valence electrons. The monoisotopic (exact) mass is 292 g/mol. The fraction of sp³-hybridized carbons (Fsp3) is 0.688. The Morgan fingerprint density at radius 2 is 1.95 bits per heavy atom. The standard InChI is InChI=1S/C16H24N2OS/c1-2-14-5-6-15(20-14)11-17-13-7-9-18(10-8-13)16(19)12-3-4-12/h5-6,12-13,17H,2-4,7-11H2,1H3. The summed E-state index contributed by atoms with van der Waals surface area (Å²) in [4.78, 5) is 17.0. The van der Waals surface area contributed by atoms with Gasteiger partial charge in [-0.15, -0.1) is 11.3 Å². The highest BCUT2D eigenvalue weighted by molar-refractivity contribution is 7.11. The number of rotatable bonds is 5. The maximum absolute atomic E-state index is 12.0. The van der Waals surface area contributed by atoms with Crippen molar-refractivity contribution in [3.63, 3.8) is 0 Å². The van der Waals surface area contributed by atoms with E-state index in [1.54, 1.807) is 0 Å². The van der Waals surface area contributed by atoms with Crippen LogP contribution in [0, 0.1) is 5.92 Å². The van der Waals surface area contributed by atoms with Crippen LogP contribution in [0.2, 0.25) is 0 Å². The average Bonchev–Trinajstić information content (AvgIpc) is 3.24. The van der Waals surface area contributed by atoms with Crippen LogP contribution in [0.5, 0.6) is 0 Å². The molecule has 0 radical (unpaired) electrons. The molecule has 0 aromatic carbocycles. The smallest absolute Gasteiger partial charge is 0.225 e. The van der Waals surface area contributed by atoms with Gasteiger partial charge in [-0.1, -0.05) is 6.92 Å². The molecule has 1 aliphatic carbocycles. The van der Waals surface area contributed by atoms with Crippen molar-refractivity contribution < 1.29 is 4.79 Å². The zero-order valence-corrected chi connectivity index (χ0v) is 13.0. The fourth-order valence-corrected chi connectivity index (χ4v) is 3.75. The van der Waals surface area contributed by atoms with E-state index in [1.807, 2.05) is 11.3 Å².